The van der Waals surface area contributed by atoms with E-state index in [9.17, 15) is 13.2 Å². The lowest BCUT2D eigenvalue weighted by molar-refractivity contribution is 0.0979. The Bertz CT molecular complexity index is 1200. The zero-order valence-electron chi connectivity index (χ0n) is 18.4. The molecule has 33 heavy (non-hydrogen) atoms. The van der Waals surface area contributed by atoms with Gasteiger partial charge in [0.05, 0.1) is 23.8 Å². The van der Waals surface area contributed by atoms with E-state index >= 15 is 0 Å². The number of carbonyl (C=O) groups is 1. The van der Waals surface area contributed by atoms with Gasteiger partial charge in [-0.2, -0.15) is 4.31 Å². The van der Waals surface area contributed by atoms with Gasteiger partial charge in [0.15, 0.2) is 5.13 Å². The summed E-state index contributed by atoms with van der Waals surface area (Å²) in [7, 11) is -0.507. The molecule has 2 heterocycles. The van der Waals surface area contributed by atoms with Gasteiger partial charge in [-0.1, -0.05) is 0 Å². The van der Waals surface area contributed by atoms with Gasteiger partial charge in [0.1, 0.15) is 5.75 Å². The summed E-state index contributed by atoms with van der Waals surface area (Å²) in [6, 6.07) is 13.4. The largest absolute Gasteiger partial charge is 0.497 e. The standard InChI is InChI=1S/C23H25N3O5S2/c1-26(14-19-4-3-13-31-19)33(28,29)20-11-7-17(8-12-20)22(27)25-23-24-21(15-32-23)16-5-9-18(30-2)10-6-16/h5-12,15,19H,3-4,13-14H2,1-2H3,(H,24,25,27)/t19-/m0/s1. The molecule has 1 aliphatic rings. The number of hydrogen-bond donors (Lipinski definition) is 1. The molecule has 1 atom stereocenters. The first kappa shape index (κ1) is 23.4. The molecular formula is C23H25N3O5S2. The lowest BCUT2D eigenvalue weighted by atomic mass is 10.2. The third-order valence-electron chi connectivity index (χ3n) is 5.42. The van der Waals surface area contributed by atoms with Crippen LogP contribution in [0, 0.1) is 0 Å². The minimum Gasteiger partial charge on any atom is -0.497 e. The topological polar surface area (TPSA) is 97.8 Å². The van der Waals surface area contributed by atoms with Gasteiger partial charge in [0.2, 0.25) is 10.0 Å². The lowest BCUT2D eigenvalue weighted by Gasteiger charge is -2.20. The highest BCUT2D eigenvalue weighted by Crippen LogP contribution is 2.27. The fourth-order valence-electron chi connectivity index (χ4n) is 3.53. The van der Waals surface area contributed by atoms with Gasteiger partial charge < -0.3 is 9.47 Å². The molecule has 1 amide bonds. The highest BCUT2D eigenvalue weighted by molar-refractivity contribution is 7.89. The van der Waals surface area contributed by atoms with Crippen LogP contribution in [-0.2, 0) is 14.8 Å². The number of carbonyl (C=O) groups excluding carboxylic acids is 1. The highest BCUT2D eigenvalue weighted by atomic mass is 32.2. The molecule has 1 N–H and O–H groups in total. The first-order chi connectivity index (χ1) is 15.9. The molecule has 0 bridgehead atoms. The molecule has 1 aliphatic heterocycles. The van der Waals surface area contributed by atoms with E-state index in [4.69, 9.17) is 9.47 Å². The fraction of sp³-hybridized carbons (Fsp3) is 0.304. The third-order valence-corrected chi connectivity index (χ3v) is 8.02. The fourth-order valence-corrected chi connectivity index (χ4v) is 5.44. The Balaban J connectivity index is 1.40. The Kier molecular flexibility index (Phi) is 7.08. The van der Waals surface area contributed by atoms with Crippen LogP contribution < -0.4 is 10.1 Å². The van der Waals surface area contributed by atoms with E-state index in [1.807, 2.05) is 29.6 Å². The predicted octanol–water partition coefficient (Wildman–Crippen LogP) is 3.87. The molecule has 1 saturated heterocycles. The van der Waals surface area contributed by atoms with Crippen LogP contribution in [0.5, 0.6) is 5.75 Å². The number of thiazole rings is 1. The lowest BCUT2D eigenvalue weighted by Crippen LogP contribution is -2.34. The first-order valence-corrected chi connectivity index (χ1v) is 12.8. The number of anilines is 1. The average Bonchev–Trinajstić information content (AvgIpc) is 3.51. The summed E-state index contributed by atoms with van der Waals surface area (Å²) < 4.78 is 37.6. The number of likely N-dealkylation sites (N-methyl/N-ethyl adjacent to an activating group) is 1. The number of nitrogens with one attached hydrogen (secondary N) is 1. The number of ether oxygens (including phenoxy) is 2. The van der Waals surface area contributed by atoms with E-state index in [2.05, 4.69) is 10.3 Å². The number of hydrogen-bond acceptors (Lipinski definition) is 7. The molecule has 0 spiro atoms. The molecule has 174 valence electrons. The molecule has 1 aromatic heterocycles. The maximum absolute atomic E-state index is 12.8. The monoisotopic (exact) mass is 487 g/mol. The second-order valence-electron chi connectivity index (χ2n) is 7.67. The quantitative estimate of drug-likeness (QED) is 0.518. The van der Waals surface area contributed by atoms with Crippen molar-refractivity contribution in [1.29, 1.82) is 0 Å². The molecule has 10 heteroatoms. The number of rotatable bonds is 8. The van der Waals surface area contributed by atoms with Crippen molar-refractivity contribution in [2.75, 3.05) is 32.6 Å². The summed E-state index contributed by atoms with van der Waals surface area (Å²) in [4.78, 5) is 17.2. The third kappa shape index (κ3) is 5.41. The van der Waals surface area contributed by atoms with Gasteiger partial charge in [-0.3, -0.25) is 10.1 Å². The Labute approximate surface area is 197 Å². The maximum Gasteiger partial charge on any atom is 0.257 e. The molecule has 4 rings (SSSR count). The zero-order valence-corrected chi connectivity index (χ0v) is 20.0. The van der Waals surface area contributed by atoms with Crippen LogP contribution in [-0.4, -0.2) is 57.0 Å². The SMILES string of the molecule is COc1ccc(-c2csc(NC(=O)c3ccc(S(=O)(=O)N(C)C[C@@H]4CCCO4)cc3)n2)cc1. The summed E-state index contributed by atoms with van der Waals surface area (Å²) in [5.41, 5.74) is 2.00. The summed E-state index contributed by atoms with van der Waals surface area (Å²) in [6.07, 6.45) is 1.73. The van der Waals surface area contributed by atoms with Gasteiger partial charge >= 0.3 is 0 Å². The second-order valence-corrected chi connectivity index (χ2v) is 10.6. The Hall–Kier alpha value is -2.79. The summed E-state index contributed by atoms with van der Waals surface area (Å²) in [6.45, 7) is 0.980. The average molecular weight is 488 g/mol. The van der Waals surface area contributed by atoms with Crippen LogP contribution in [0.15, 0.2) is 58.8 Å². The molecule has 0 radical (unpaired) electrons. The van der Waals surface area contributed by atoms with Crippen molar-refractivity contribution >= 4 is 32.4 Å². The van der Waals surface area contributed by atoms with Crippen LogP contribution >= 0.6 is 11.3 Å². The predicted molar refractivity (Wildman–Crippen MR) is 127 cm³/mol. The number of amides is 1. The van der Waals surface area contributed by atoms with Gasteiger partial charge in [-0.15, -0.1) is 11.3 Å². The van der Waals surface area contributed by atoms with E-state index in [0.29, 0.717) is 23.8 Å². The molecular weight excluding hydrogens is 462 g/mol. The minimum absolute atomic E-state index is 0.0732. The first-order valence-electron chi connectivity index (χ1n) is 10.5. The van der Waals surface area contributed by atoms with Crippen molar-refractivity contribution in [2.45, 2.75) is 23.8 Å². The van der Waals surface area contributed by atoms with Gasteiger partial charge in [-0.05, 0) is 61.4 Å². The van der Waals surface area contributed by atoms with Gasteiger partial charge in [0, 0.05) is 36.7 Å². The van der Waals surface area contributed by atoms with Crippen molar-refractivity contribution in [2.24, 2.45) is 0 Å². The van der Waals surface area contributed by atoms with E-state index in [0.717, 1.165) is 29.8 Å². The van der Waals surface area contributed by atoms with Crippen molar-refractivity contribution in [3.63, 3.8) is 0 Å². The van der Waals surface area contributed by atoms with Crippen LogP contribution in [0.1, 0.15) is 23.2 Å². The Morgan fingerprint density at radius 3 is 2.58 bits per heavy atom. The summed E-state index contributed by atoms with van der Waals surface area (Å²) >= 11 is 1.31. The molecule has 0 aliphatic carbocycles. The number of sulfonamides is 1. The van der Waals surface area contributed by atoms with Crippen LogP contribution in [0.2, 0.25) is 0 Å². The normalized spacial score (nSPS) is 16.2. The molecule has 8 nitrogen and oxygen atoms in total. The van der Waals surface area contributed by atoms with Crippen LogP contribution in [0.3, 0.4) is 0 Å². The van der Waals surface area contributed by atoms with E-state index < -0.39 is 10.0 Å². The van der Waals surface area contributed by atoms with Crippen molar-refractivity contribution in [1.82, 2.24) is 9.29 Å². The second kappa shape index (κ2) is 10.0. The van der Waals surface area contributed by atoms with Gasteiger partial charge in [0.25, 0.3) is 5.91 Å². The minimum atomic E-state index is -3.66. The summed E-state index contributed by atoms with van der Waals surface area (Å²) in [5, 5.41) is 5.08. The molecule has 0 unspecified atom stereocenters. The van der Waals surface area contributed by atoms with E-state index in [1.165, 1.54) is 39.9 Å². The Morgan fingerprint density at radius 1 is 1.21 bits per heavy atom. The summed E-state index contributed by atoms with van der Waals surface area (Å²) in [5.74, 6) is 0.397. The van der Waals surface area contributed by atoms with Gasteiger partial charge in [-0.25, -0.2) is 13.4 Å². The van der Waals surface area contributed by atoms with Crippen molar-refractivity contribution in [3.05, 3.63) is 59.5 Å². The molecule has 0 saturated carbocycles. The number of aromatic nitrogens is 1. The number of nitrogens with zero attached hydrogens (tertiary/aromatic N) is 2. The van der Waals surface area contributed by atoms with Crippen molar-refractivity contribution in [3.8, 4) is 17.0 Å². The maximum atomic E-state index is 12.8. The van der Waals surface area contributed by atoms with E-state index in [-0.39, 0.29) is 16.9 Å². The molecule has 1 fully saturated rings. The number of methoxy groups -OCH3 is 1. The highest BCUT2D eigenvalue weighted by Gasteiger charge is 2.26. The van der Waals surface area contributed by atoms with Crippen molar-refractivity contribution < 1.29 is 22.7 Å². The number of benzene rings is 2. The molecule has 3 aromatic rings. The molecule has 2 aromatic carbocycles. The smallest absolute Gasteiger partial charge is 0.257 e. The Morgan fingerprint density at radius 2 is 1.94 bits per heavy atom. The van der Waals surface area contributed by atoms with E-state index in [1.54, 1.807) is 14.2 Å². The van der Waals surface area contributed by atoms with Crippen LogP contribution in [0.4, 0.5) is 5.13 Å². The van der Waals surface area contributed by atoms with Crippen LogP contribution in [0.25, 0.3) is 11.3 Å². The zero-order chi connectivity index (χ0) is 23.4.